The molecule has 0 aliphatic carbocycles. The summed E-state index contributed by atoms with van der Waals surface area (Å²) in [6.07, 6.45) is 2.70. The summed E-state index contributed by atoms with van der Waals surface area (Å²) in [4.78, 5) is 0. The second-order valence-corrected chi connectivity index (χ2v) is 5.07. The van der Waals surface area contributed by atoms with E-state index in [1.807, 2.05) is 0 Å². The van der Waals surface area contributed by atoms with Crippen LogP contribution in [0.1, 0.15) is 33.6 Å². The molecule has 1 heterocycles. The zero-order chi connectivity index (χ0) is 10.4. The lowest BCUT2D eigenvalue weighted by atomic mass is 9.96. The van der Waals surface area contributed by atoms with Gasteiger partial charge in [-0.2, -0.15) is 0 Å². The summed E-state index contributed by atoms with van der Waals surface area (Å²) in [5.41, 5.74) is 0. The maximum Gasteiger partial charge on any atom is -0.00195 e. The highest BCUT2D eigenvalue weighted by molar-refractivity contribution is 4.71. The number of hydrogen-bond acceptors (Lipinski definition) is 2. The molecule has 2 nitrogen and oxygen atoms in total. The molecule has 1 aliphatic heterocycles. The van der Waals surface area contributed by atoms with Crippen LogP contribution in [0.3, 0.4) is 0 Å². The normalized spacial score (nSPS) is 21.4. The van der Waals surface area contributed by atoms with Crippen molar-refractivity contribution >= 4 is 0 Å². The third-order valence-electron chi connectivity index (χ3n) is 3.50. The highest BCUT2D eigenvalue weighted by atomic mass is 14.9. The molecule has 1 atom stereocenters. The van der Waals surface area contributed by atoms with Crippen molar-refractivity contribution in [3.63, 3.8) is 0 Å². The summed E-state index contributed by atoms with van der Waals surface area (Å²) in [5, 5.41) is 7.01. The maximum absolute atomic E-state index is 3.61. The Balaban J connectivity index is 2.02. The van der Waals surface area contributed by atoms with E-state index in [0.717, 1.165) is 17.8 Å². The Morgan fingerprint density at radius 2 is 1.86 bits per heavy atom. The van der Waals surface area contributed by atoms with Gasteiger partial charge in [-0.1, -0.05) is 20.8 Å². The highest BCUT2D eigenvalue weighted by Crippen LogP contribution is 2.11. The minimum Gasteiger partial charge on any atom is -0.317 e. The maximum atomic E-state index is 3.61. The molecular formula is C12H26N2. The lowest BCUT2D eigenvalue weighted by Gasteiger charge is -2.24. The lowest BCUT2D eigenvalue weighted by molar-refractivity contribution is 0.330. The zero-order valence-corrected chi connectivity index (χ0v) is 9.97. The summed E-state index contributed by atoms with van der Waals surface area (Å²) < 4.78 is 0. The number of rotatable bonds is 5. The minimum atomic E-state index is 0.801. The minimum absolute atomic E-state index is 0.801. The molecule has 0 aromatic carbocycles. The van der Waals surface area contributed by atoms with Crippen LogP contribution in [0.15, 0.2) is 0 Å². The van der Waals surface area contributed by atoms with E-state index in [1.165, 1.54) is 39.0 Å². The van der Waals surface area contributed by atoms with Gasteiger partial charge in [-0.3, -0.25) is 0 Å². The number of hydrogen-bond donors (Lipinski definition) is 2. The lowest BCUT2D eigenvalue weighted by Crippen LogP contribution is -2.35. The molecule has 0 aromatic rings. The third-order valence-corrected chi connectivity index (χ3v) is 3.50. The summed E-state index contributed by atoms with van der Waals surface area (Å²) in [6.45, 7) is 11.8. The monoisotopic (exact) mass is 198 g/mol. The van der Waals surface area contributed by atoms with Crippen LogP contribution in [-0.2, 0) is 0 Å². The molecule has 0 spiro atoms. The van der Waals surface area contributed by atoms with Crippen molar-refractivity contribution in [2.75, 3.05) is 26.2 Å². The molecule has 1 saturated heterocycles. The Kier molecular flexibility index (Phi) is 5.49. The van der Waals surface area contributed by atoms with E-state index in [2.05, 4.69) is 31.4 Å². The zero-order valence-electron chi connectivity index (χ0n) is 9.97. The summed E-state index contributed by atoms with van der Waals surface area (Å²) in [7, 11) is 0. The van der Waals surface area contributed by atoms with Gasteiger partial charge in [-0.25, -0.2) is 0 Å². The van der Waals surface area contributed by atoms with Crippen molar-refractivity contribution in [2.45, 2.75) is 33.6 Å². The molecule has 1 rings (SSSR count). The number of nitrogens with one attached hydrogen (secondary N) is 2. The third kappa shape index (κ3) is 4.43. The van der Waals surface area contributed by atoms with Gasteiger partial charge in [0.25, 0.3) is 0 Å². The van der Waals surface area contributed by atoms with E-state index >= 15 is 0 Å². The van der Waals surface area contributed by atoms with Gasteiger partial charge >= 0.3 is 0 Å². The first kappa shape index (κ1) is 12.0. The van der Waals surface area contributed by atoms with Crippen LogP contribution in [0.5, 0.6) is 0 Å². The quantitative estimate of drug-likeness (QED) is 0.705. The Morgan fingerprint density at radius 3 is 2.43 bits per heavy atom. The topological polar surface area (TPSA) is 24.1 Å². The van der Waals surface area contributed by atoms with Gasteiger partial charge in [-0.15, -0.1) is 0 Å². The first-order valence-electron chi connectivity index (χ1n) is 6.11. The Morgan fingerprint density at radius 1 is 1.21 bits per heavy atom. The largest absolute Gasteiger partial charge is 0.317 e. The van der Waals surface area contributed by atoms with Gasteiger partial charge in [0.2, 0.25) is 0 Å². The standard InChI is InChI=1S/C12H26N2/c1-10(2)11(3)8-14-9-12-4-6-13-7-5-12/h10-14H,4-9H2,1-3H3. The Labute approximate surface area is 88.8 Å². The van der Waals surface area contributed by atoms with Gasteiger partial charge < -0.3 is 10.6 Å². The molecule has 0 radical (unpaired) electrons. The van der Waals surface area contributed by atoms with Gasteiger partial charge in [0.05, 0.1) is 0 Å². The van der Waals surface area contributed by atoms with E-state index < -0.39 is 0 Å². The summed E-state index contributed by atoms with van der Waals surface area (Å²) in [6, 6.07) is 0. The van der Waals surface area contributed by atoms with Crippen molar-refractivity contribution < 1.29 is 0 Å². The molecule has 2 heteroatoms. The van der Waals surface area contributed by atoms with Crippen LogP contribution in [0.25, 0.3) is 0 Å². The molecule has 0 bridgehead atoms. The molecule has 0 amide bonds. The first-order valence-corrected chi connectivity index (χ1v) is 6.11. The molecule has 84 valence electrons. The van der Waals surface area contributed by atoms with Crippen molar-refractivity contribution in [1.29, 1.82) is 0 Å². The van der Waals surface area contributed by atoms with Gasteiger partial charge in [0, 0.05) is 0 Å². The SMILES string of the molecule is CC(C)C(C)CNCC1CCNCC1. The van der Waals surface area contributed by atoms with E-state index in [0.29, 0.717) is 0 Å². The summed E-state index contributed by atoms with van der Waals surface area (Å²) >= 11 is 0. The smallest absolute Gasteiger partial charge is 0.00195 e. The van der Waals surface area contributed by atoms with E-state index in [1.54, 1.807) is 0 Å². The van der Waals surface area contributed by atoms with Gasteiger partial charge in [-0.05, 0) is 56.8 Å². The van der Waals surface area contributed by atoms with Crippen LogP contribution < -0.4 is 10.6 Å². The Hall–Kier alpha value is -0.0800. The van der Waals surface area contributed by atoms with Crippen LogP contribution in [-0.4, -0.2) is 26.2 Å². The molecule has 1 fully saturated rings. The molecule has 14 heavy (non-hydrogen) atoms. The van der Waals surface area contributed by atoms with Crippen molar-refractivity contribution in [1.82, 2.24) is 10.6 Å². The fourth-order valence-electron chi connectivity index (χ4n) is 1.84. The van der Waals surface area contributed by atoms with E-state index in [9.17, 15) is 0 Å². The predicted octanol–water partition coefficient (Wildman–Crippen LogP) is 1.87. The average Bonchev–Trinajstić information content (AvgIpc) is 2.19. The molecular weight excluding hydrogens is 172 g/mol. The molecule has 0 aromatic heterocycles. The van der Waals surface area contributed by atoms with Crippen LogP contribution >= 0.6 is 0 Å². The van der Waals surface area contributed by atoms with Crippen LogP contribution in [0.2, 0.25) is 0 Å². The molecule has 0 saturated carbocycles. The van der Waals surface area contributed by atoms with Crippen LogP contribution in [0, 0.1) is 17.8 Å². The van der Waals surface area contributed by atoms with Crippen molar-refractivity contribution in [3.8, 4) is 0 Å². The average molecular weight is 198 g/mol. The number of piperidine rings is 1. The fraction of sp³-hybridized carbons (Fsp3) is 1.00. The highest BCUT2D eigenvalue weighted by Gasteiger charge is 2.13. The second kappa shape index (κ2) is 6.41. The molecule has 2 N–H and O–H groups in total. The second-order valence-electron chi connectivity index (χ2n) is 5.07. The van der Waals surface area contributed by atoms with Crippen LogP contribution in [0.4, 0.5) is 0 Å². The molecule has 1 aliphatic rings. The Bertz CT molecular complexity index is 139. The van der Waals surface area contributed by atoms with E-state index in [4.69, 9.17) is 0 Å². The van der Waals surface area contributed by atoms with Crippen molar-refractivity contribution in [2.24, 2.45) is 17.8 Å². The predicted molar refractivity (Wildman–Crippen MR) is 62.5 cm³/mol. The van der Waals surface area contributed by atoms with Gasteiger partial charge in [0.15, 0.2) is 0 Å². The first-order chi connectivity index (χ1) is 6.70. The van der Waals surface area contributed by atoms with Crippen molar-refractivity contribution in [3.05, 3.63) is 0 Å². The van der Waals surface area contributed by atoms with E-state index in [-0.39, 0.29) is 0 Å². The summed E-state index contributed by atoms with van der Waals surface area (Å²) in [5.74, 6) is 2.52. The fourth-order valence-corrected chi connectivity index (χ4v) is 1.84. The molecule has 1 unspecified atom stereocenters. The van der Waals surface area contributed by atoms with Gasteiger partial charge in [0.1, 0.15) is 0 Å².